The van der Waals surface area contributed by atoms with Crippen molar-refractivity contribution < 1.29 is 8.78 Å². The van der Waals surface area contributed by atoms with E-state index < -0.39 is 17.2 Å². The fraction of sp³-hybridized carbons (Fsp3) is 0.227. The van der Waals surface area contributed by atoms with E-state index in [9.17, 15) is 18.8 Å². The van der Waals surface area contributed by atoms with Crippen LogP contribution in [-0.4, -0.2) is 9.97 Å². The van der Waals surface area contributed by atoms with Crippen LogP contribution in [0.25, 0.3) is 11.3 Å². The molecule has 0 atom stereocenters. The summed E-state index contributed by atoms with van der Waals surface area (Å²) in [4.78, 5) is 19.3. The lowest BCUT2D eigenvalue weighted by molar-refractivity contribution is 0.502. The third kappa shape index (κ3) is 4.54. The number of hydrogen-bond donors (Lipinski definition) is 1. The highest BCUT2D eigenvalue weighted by Gasteiger charge is 2.17. The molecule has 0 amide bonds. The van der Waals surface area contributed by atoms with Crippen LogP contribution in [-0.2, 0) is 11.2 Å². The van der Waals surface area contributed by atoms with Crippen LogP contribution in [0, 0.1) is 23.0 Å². The summed E-state index contributed by atoms with van der Waals surface area (Å²) < 4.78 is 27.2. The van der Waals surface area contributed by atoms with E-state index in [-0.39, 0.29) is 33.1 Å². The molecule has 0 bridgehead atoms. The van der Waals surface area contributed by atoms with Crippen molar-refractivity contribution in [2.24, 2.45) is 0 Å². The molecule has 0 saturated heterocycles. The lowest BCUT2D eigenvalue weighted by Gasteiger charge is -2.19. The maximum Gasteiger partial charge on any atom is 0.270 e. The number of nitriles is 1. The largest absolute Gasteiger partial charge is 0.300 e. The summed E-state index contributed by atoms with van der Waals surface area (Å²) in [5.41, 5.74) is 1.49. The number of rotatable bonds is 4. The number of thioether (sulfide) groups is 1. The van der Waals surface area contributed by atoms with Crippen molar-refractivity contribution in [3.63, 3.8) is 0 Å². The third-order valence-corrected chi connectivity index (χ3v) is 5.35. The molecule has 0 aliphatic rings. The zero-order chi connectivity index (χ0) is 21.2. The van der Waals surface area contributed by atoms with Gasteiger partial charge in [-0.15, -0.1) is 0 Å². The molecule has 148 valence electrons. The van der Waals surface area contributed by atoms with Gasteiger partial charge in [0, 0.05) is 16.9 Å². The van der Waals surface area contributed by atoms with E-state index >= 15 is 0 Å². The zero-order valence-corrected chi connectivity index (χ0v) is 17.0. The average Bonchev–Trinajstić information content (AvgIpc) is 2.68. The minimum absolute atomic E-state index is 0.0335. The van der Waals surface area contributed by atoms with E-state index in [0.717, 1.165) is 23.4 Å². The third-order valence-electron chi connectivity index (χ3n) is 4.43. The van der Waals surface area contributed by atoms with Gasteiger partial charge in [0.1, 0.15) is 11.6 Å². The van der Waals surface area contributed by atoms with Gasteiger partial charge in [0.25, 0.3) is 5.56 Å². The van der Waals surface area contributed by atoms with Gasteiger partial charge in [-0.2, -0.15) is 5.26 Å². The molecule has 1 N–H and O–H groups in total. The van der Waals surface area contributed by atoms with E-state index in [1.165, 1.54) is 12.1 Å². The van der Waals surface area contributed by atoms with E-state index in [0.29, 0.717) is 5.56 Å². The Balaban J connectivity index is 1.96. The van der Waals surface area contributed by atoms with Crippen LogP contribution in [0.15, 0.2) is 52.4 Å². The molecule has 0 aliphatic heterocycles. The van der Waals surface area contributed by atoms with Gasteiger partial charge in [-0.1, -0.05) is 68.9 Å². The number of aromatic nitrogens is 2. The molecule has 0 radical (unpaired) electrons. The Kier molecular flexibility index (Phi) is 5.85. The van der Waals surface area contributed by atoms with Crippen molar-refractivity contribution in [3.8, 4) is 17.3 Å². The molecule has 3 aromatic rings. The van der Waals surface area contributed by atoms with Gasteiger partial charge in [0.05, 0.1) is 5.69 Å². The van der Waals surface area contributed by atoms with E-state index in [1.54, 1.807) is 0 Å². The molecule has 4 nitrogen and oxygen atoms in total. The molecule has 0 fully saturated rings. The van der Waals surface area contributed by atoms with Crippen LogP contribution in [0.3, 0.4) is 0 Å². The zero-order valence-electron chi connectivity index (χ0n) is 16.2. The fourth-order valence-corrected chi connectivity index (χ4v) is 3.60. The van der Waals surface area contributed by atoms with Gasteiger partial charge >= 0.3 is 0 Å². The normalized spacial score (nSPS) is 11.3. The second kappa shape index (κ2) is 8.18. The number of H-pyrrole nitrogens is 1. The first-order valence-electron chi connectivity index (χ1n) is 8.91. The van der Waals surface area contributed by atoms with Crippen molar-refractivity contribution in [1.29, 1.82) is 5.26 Å². The summed E-state index contributed by atoms with van der Waals surface area (Å²) in [7, 11) is 0. The van der Waals surface area contributed by atoms with E-state index in [1.807, 2.05) is 30.3 Å². The molecule has 1 heterocycles. The van der Waals surface area contributed by atoms with Gasteiger partial charge in [-0.25, -0.2) is 13.8 Å². The SMILES string of the molecule is CC(C)(C)c1ccc(-c2nc(SCc3cccc(F)c3F)[nH]c(=O)c2C#N)cc1. The molecule has 0 spiro atoms. The van der Waals surface area contributed by atoms with Gasteiger partial charge in [0.2, 0.25) is 0 Å². The molecule has 29 heavy (non-hydrogen) atoms. The molecule has 1 aromatic heterocycles. The van der Waals surface area contributed by atoms with Crippen LogP contribution < -0.4 is 5.56 Å². The lowest BCUT2D eigenvalue weighted by atomic mass is 9.86. The maximum atomic E-state index is 13.9. The highest BCUT2D eigenvalue weighted by molar-refractivity contribution is 7.98. The second-order valence-corrected chi connectivity index (χ2v) is 8.50. The summed E-state index contributed by atoms with van der Waals surface area (Å²) in [6.45, 7) is 6.28. The lowest BCUT2D eigenvalue weighted by Crippen LogP contribution is -2.15. The molecule has 3 rings (SSSR count). The standard InChI is InChI=1S/C22H19F2N3OS/c1-22(2,3)15-9-7-13(8-10-15)19-16(11-25)20(28)27-21(26-19)29-12-14-5-4-6-17(23)18(14)24/h4-10H,12H2,1-3H3,(H,26,27,28). The maximum absolute atomic E-state index is 13.9. The topological polar surface area (TPSA) is 69.5 Å². The van der Waals surface area contributed by atoms with Gasteiger partial charge in [-0.05, 0) is 17.0 Å². The Bertz CT molecular complexity index is 1140. The number of halogens is 2. The number of hydrogen-bond acceptors (Lipinski definition) is 4. The summed E-state index contributed by atoms with van der Waals surface area (Å²) in [5, 5.41) is 9.63. The predicted octanol–water partition coefficient (Wildman–Crippen LogP) is 5.18. The number of nitrogens with zero attached hydrogens (tertiary/aromatic N) is 2. The van der Waals surface area contributed by atoms with Crippen molar-refractivity contribution in [2.75, 3.05) is 0 Å². The Morgan fingerprint density at radius 1 is 1.14 bits per heavy atom. The number of aromatic amines is 1. The highest BCUT2D eigenvalue weighted by atomic mass is 32.2. The minimum Gasteiger partial charge on any atom is -0.300 e. The van der Waals surface area contributed by atoms with Crippen molar-refractivity contribution in [1.82, 2.24) is 9.97 Å². The average molecular weight is 411 g/mol. The summed E-state index contributed by atoms with van der Waals surface area (Å²) in [6, 6.07) is 13.4. The Morgan fingerprint density at radius 3 is 2.45 bits per heavy atom. The summed E-state index contributed by atoms with van der Waals surface area (Å²) in [5.74, 6) is -1.76. The Labute approximate surface area is 171 Å². The van der Waals surface area contributed by atoms with Crippen molar-refractivity contribution in [2.45, 2.75) is 37.1 Å². The number of benzene rings is 2. The van der Waals surface area contributed by atoms with Crippen LogP contribution in [0.1, 0.15) is 37.5 Å². The minimum atomic E-state index is -0.927. The predicted molar refractivity (Wildman–Crippen MR) is 110 cm³/mol. The second-order valence-electron chi connectivity index (χ2n) is 7.54. The van der Waals surface area contributed by atoms with Gasteiger partial charge in [-0.3, -0.25) is 4.79 Å². The van der Waals surface area contributed by atoms with Crippen LogP contribution in [0.5, 0.6) is 0 Å². The van der Waals surface area contributed by atoms with Crippen LogP contribution >= 0.6 is 11.8 Å². The van der Waals surface area contributed by atoms with E-state index in [4.69, 9.17) is 0 Å². The fourth-order valence-electron chi connectivity index (χ4n) is 2.77. The van der Waals surface area contributed by atoms with E-state index in [2.05, 4.69) is 30.7 Å². The van der Waals surface area contributed by atoms with Crippen LogP contribution in [0.2, 0.25) is 0 Å². The molecular formula is C22H19F2N3OS. The first-order chi connectivity index (χ1) is 13.7. The summed E-state index contributed by atoms with van der Waals surface area (Å²) in [6.07, 6.45) is 0. The Hall–Kier alpha value is -2.98. The molecule has 7 heteroatoms. The monoisotopic (exact) mass is 411 g/mol. The molecule has 2 aromatic carbocycles. The van der Waals surface area contributed by atoms with Crippen LogP contribution in [0.4, 0.5) is 8.78 Å². The van der Waals surface area contributed by atoms with Crippen molar-refractivity contribution in [3.05, 3.63) is 81.1 Å². The Morgan fingerprint density at radius 2 is 1.83 bits per heavy atom. The number of nitrogens with one attached hydrogen (secondary N) is 1. The first kappa shape index (κ1) is 20.7. The highest BCUT2D eigenvalue weighted by Crippen LogP contribution is 2.28. The first-order valence-corrected chi connectivity index (χ1v) is 9.90. The van der Waals surface area contributed by atoms with Gasteiger partial charge < -0.3 is 4.98 Å². The smallest absolute Gasteiger partial charge is 0.270 e. The summed E-state index contributed by atoms with van der Waals surface area (Å²) >= 11 is 1.06. The molecule has 0 unspecified atom stereocenters. The van der Waals surface area contributed by atoms with Gasteiger partial charge in [0.15, 0.2) is 16.8 Å². The quantitative estimate of drug-likeness (QED) is 0.475. The molecule has 0 aliphatic carbocycles. The van der Waals surface area contributed by atoms with Crippen molar-refractivity contribution >= 4 is 11.8 Å². The molecule has 0 saturated carbocycles. The molecular weight excluding hydrogens is 392 g/mol.